The summed E-state index contributed by atoms with van der Waals surface area (Å²) < 4.78 is 40.5. The monoisotopic (exact) mass is 614 g/mol. The molecule has 2 aliphatic heterocycles. The van der Waals surface area contributed by atoms with E-state index in [0.717, 1.165) is 44.6 Å². The minimum Gasteiger partial charge on any atom is -0.449 e. The Morgan fingerprint density at radius 2 is 1.67 bits per heavy atom. The van der Waals surface area contributed by atoms with Gasteiger partial charge in [-0.3, -0.25) is 4.79 Å². The summed E-state index contributed by atoms with van der Waals surface area (Å²) in [6.07, 6.45) is -0.0798. The first-order valence-electron chi connectivity index (χ1n) is 14.2. The molecule has 1 aromatic heterocycles. The number of nitrogens with zero attached hydrogens (tertiary/aromatic N) is 5. The summed E-state index contributed by atoms with van der Waals surface area (Å²) in [5.74, 6) is -2.11. The molecule has 13 heteroatoms. The van der Waals surface area contributed by atoms with Gasteiger partial charge in [0.2, 0.25) is 0 Å². The number of nitriles is 2. The third-order valence-corrected chi connectivity index (χ3v) is 8.75. The van der Waals surface area contributed by atoms with Gasteiger partial charge in [0.05, 0.1) is 11.1 Å². The van der Waals surface area contributed by atoms with Crippen molar-refractivity contribution in [3.8, 4) is 12.1 Å². The Kier molecular flexibility index (Phi) is 10.9. The highest BCUT2D eigenvalue weighted by Gasteiger charge is 2.41. The topological polar surface area (TPSA) is 122 Å². The van der Waals surface area contributed by atoms with Crippen LogP contribution in [0, 0.1) is 22.7 Å². The molecule has 2 aromatic rings. The van der Waals surface area contributed by atoms with Gasteiger partial charge in [-0.05, 0) is 61.9 Å². The SMILES string of the molecule is CCc1c(C#N)c(SCc2ccc(CNC(=O)COC(=O)C(F)(F)F)cc2)nc(N2CCC(N3CCCC3)CC2)c1C#N. The van der Waals surface area contributed by atoms with Crippen LogP contribution in [0.5, 0.6) is 0 Å². The minimum absolute atomic E-state index is 0.0449. The average Bonchev–Trinajstić information content (AvgIpc) is 3.56. The van der Waals surface area contributed by atoms with Crippen LogP contribution in [-0.2, 0) is 33.0 Å². The van der Waals surface area contributed by atoms with E-state index in [1.165, 1.54) is 24.6 Å². The number of halogens is 3. The fraction of sp³-hybridized carbons (Fsp3) is 0.500. The number of hydrogen-bond acceptors (Lipinski definition) is 9. The van der Waals surface area contributed by atoms with Crippen LogP contribution in [0.2, 0.25) is 0 Å². The molecule has 0 atom stereocenters. The van der Waals surface area contributed by atoms with Crippen molar-refractivity contribution < 1.29 is 27.5 Å². The lowest BCUT2D eigenvalue weighted by Gasteiger charge is -2.37. The maximum Gasteiger partial charge on any atom is 0.490 e. The van der Waals surface area contributed by atoms with Crippen LogP contribution in [0.15, 0.2) is 29.3 Å². The van der Waals surface area contributed by atoms with Gasteiger partial charge in [-0.2, -0.15) is 23.7 Å². The first-order valence-corrected chi connectivity index (χ1v) is 15.2. The number of pyridine rings is 1. The standard InChI is InChI=1S/C30H33F3N6O3S/c1-2-23-24(15-34)27(39-13-9-22(10-14-39)38-11-3-4-12-38)37-28(25(23)16-35)43-19-21-7-5-20(6-8-21)17-36-26(40)18-42-29(41)30(31,32)33/h5-8,22H,2-4,9-14,17-19H2,1H3,(H,36,40). The van der Waals surface area contributed by atoms with Gasteiger partial charge in [0.1, 0.15) is 23.0 Å². The van der Waals surface area contributed by atoms with Crippen molar-refractivity contribution in [1.82, 2.24) is 15.2 Å². The first-order chi connectivity index (χ1) is 20.6. The highest BCUT2D eigenvalue weighted by Crippen LogP contribution is 2.35. The van der Waals surface area contributed by atoms with Crippen LogP contribution in [-0.4, -0.2) is 66.8 Å². The van der Waals surface area contributed by atoms with E-state index in [2.05, 4.69) is 32.0 Å². The van der Waals surface area contributed by atoms with Gasteiger partial charge in [-0.25, -0.2) is 9.78 Å². The molecule has 1 N–H and O–H groups in total. The van der Waals surface area contributed by atoms with Crippen molar-refractivity contribution in [3.63, 3.8) is 0 Å². The number of amides is 1. The third-order valence-electron chi connectivity index (χ3n) is 7.70. The summed E-state index contributed by atoms with van der Waals surface area (Å²) in [6, 6.07) is 12.4. The van der Waals surface area contributed by atoms with Crippen molar-refractivity contribution in [2.75, 3.05) is 37.7 Å². The second-order valence-electron chi connectivity index (χ2n) is 10.5. The average molecular weight is 615 g/mol. The van der Waals surface area contributed by atoms with Crippen LogP contribution < -0.4 is 10.2 Å². The van der Waals surface area contributed by atoms with Gasteiger partial charge >= 0.3 is 12.1 Å². The summed E-state index contributed by atoms with van der Waals surface area (Å²) >= 11 is 1.42. The number of alkyl halides is 3. The smallest absolute Gasteiger partial charge is 0.449 e. The molecule has 2 aliphatic rings. The Hall–Kier alpha value is -3.81. The van der Waals surface area contributed by atoms with Crippen molar-refractivity contribution in [1.29, 1.82) is 10.5 Å². The predicted octanol–water partition coefficient (Wildman–Crippen LogP) is 4.47. The molecule has 0 aliphatic carbocycles. The molecule has 43 heavy (non-hydrogen) atoms. The van der Waals surface area contributed by atoms with Crippen molar-refractivity contribution in [2.45, 2.75) is 68.6 Å². The molecule has 2 fully saturated rings. The van der Waals surface area contributed by atoms with Crippen molar-refractivity contribution in [3.05, 3.63) is 52.1 Å². The predicted molar refractivity (Wildman–Crippen MR) is 154 cm³/mol. The molecule has 0 bridgehead atoms. The quantitative estimate of drug-likeness (QED) is 0.305. The number of aromatic nitrogens is 1. The number of esters is 1. The van der Waals surface area contributed by atoms with Gasteiger partial charge in [0.25, 0.3) is 5.91 Å². The molecule has 228 valence electrons. The molecule has 0 saturated carbocycles. The van der Waals surface area contributed by atoms with Crippen LogP contribution in [0.3, 0.4) is 0 Å². The highest BCUT2D eigenvalue weighted by molar-refractivity contribution is 7.98. The van der Waals surface area contributed by atoms with Crippen LogP contribution >= 0.6 is 11.8 Å². The molecular formula is C30H33F3N6O3S. The van der Waals surface area contributed by atoms with Gasteiger partial charge in [0, 0.05) is 31.4 Å². The lowest BCUT2D eigenvalue weighted by molar-refractivity contribution is -0.200. The number of nitrogens with one attached hydrogen (secondary N) is 1. The highest BCUT2D eigenvalue weighted by atomic mass is 32.2. The summed E-state index contributed by atoms with van der Waals surface area (Å²) in [7, 11) is 0. The third kappa shape index (κ3) is 8.18. The zero-order valence-corrected chi connectivity index (χ0v) is 24.7. The van der Waals surface area contributed by atoms with E-state index in [1.807, 2.05) is 19.1 Å². The summed E-state index contributed by atoms with van der Waals surface area (Å²) in [5, 5.41) is 23.1. The molecule has 0 radical (unpaired) electrons. The summed E-state index contributed by atoms with van der Waals surface area (Å²) in [6.45, 7) is 4.89. The molecule has 0 spiro atoms. The Morgan fingerprint density at radius 3 is 2.26 bits per heavy atom. The number of likely N-dealkylation sites (tertiary alicyclic amines) is 1. The minimum atomic E-state index is -5.15. The number of rotatable bonds is 10. The number of ether oxygens (including phenoxy) is 1. The fourth-order valence-electron chi connectivity index (χ4n) is 5.44. The second-order valence-corrected chi connectivity index (χ2v) is 11.4. The van der Waals surface area contributed by atoms with E-state index in [-0.39, 0.29) is 6.54 Å². The zero-order chi connectivity index (χ0) is 31.0. The fourth-order valence-corrected chi connectivity index (χ4v) is 6.40. The summed E-state index contributed by atoms with van der Waals surface area (Å²) in [4.78, 5) is 32.1. The number of piperidine rings is 1. The molecule has 0 unspecified atom stereocenters. The number of carbonyl (C=O) groups is 2. The Bertz CT molecular complexity index is 1390. The lowest BCUT2D eigenvalue weighted by Crippen LogP contribution is -2.44. The number of benzene rings is 1. The first kappa shape index (κ1) is 32.1. The molecule has 1 amide bonds. The van der Waals surface area contributed by atoms with E-state index in [0.29, 0.717) is 51.3 Å². The molecular weight excluding hydrogens is 581 g/mol. The normalized spacial score (nSPS) is 16.0. The van der Waals surface area contributed by atoms with E-state index < -0.39 is 24.7 Å². The Morgan fingerprint density at radius 1 is 1.05 bits per heavy atom. The summed E-state index contributed by atoms with van der Waals surface area (Å²) in [5.41, 5.74) is 3.24. The Labute approximate surface area is 253 Å². The zero-order valence-electron chi connectivity index (χ0n) is 23.9. The van der Waals surface area contributed by atoms with Gasteiger partial charge in [-0.15, -0.1) is 11.8 Å². The number of thioether (sulfide) groups is 1. The van der Waals surface area contributed by atoms with Gasteiger partial charge < -0.3 is 19.9 Å². The van der Waals surface area contributed by atoms with Crippen molar-refractivity contribution in [2.24, 2.45) is 0 Å². The van der Waals surface area contributed by atoms with Crippen molar-refractivity contribution >= 4 is 29.5 Å². The van der Waals surface area contributed by atoms with Gasteiger partial charge in [0.15, 0.2) is 6.61 Å². The lowest BCUT2D eigenvalue weighted by atomic mass is 9.99. The molecule has 1 aromatic carbocycles. The molecule has 9 nitrogen and oxygen atoms in total. The van der Waals surface area contributed by atoms with E-state index in [4.69, 9.17) is 4.98 Å². The van der Waals surface area contributed by atoms with E-state index >= 15 is 0 Å². The number of carbonyl (C=O) groups excluding carboxylic acids is 2. The number of hydrogen-bond donors (Lipinski definition) is 1. The van der Waals surface area contributed by atoms with Crippen LogP contribution in [0.25, 0.3) is 0 Å². The van der Waals surface area contributed by atoms with E-state index in [9.17, 15) is 33.3 Å². The van der Waals surface area contributed by atoms with E-state index in [1.54, 1.807) is 12.1 Å². The Balaban J connectivity index is 1.39. The molecule has 3 heterocycles. The number of anilines is 1. The maximum atomic E-state index is 12.2. The molecule has 2 saturated heterocycles. The van der Waals surface area contributed by atoms with Crippen LogP contribution in [0.1, 0.15) is 60.4 Å². The second kappa shape index (κ2) is 14.6. The maximum absolute atomic E-state index is 12.2. The largest absolute Gasteiger partial charge is 0.490 e. The molecule has 4 rings (SSSR count). The van der Waals surface area contributed by atoms with Crippen LogP contribution in [0.4, 0.5) is 19.0 Å². The van der Waals surface area contributed by atoms with Gasteiger partial charge in [-0.1, -0.05) is 31.2 Å².